The van der Waals surface area contributed by atoms with Gasteiger partial charge in [-0.2, -0.15) is 0 Å². The Labute approximate surface area is 134 Å². The Balaban J connectivity index is 1.71. The number of hydrogen-bond donors (Lipinski definition) is 2. The lowest BCUT2D eigenvalue weighted by atomic mass is 10.0. The fourth-order valence-electron chi connectivity index (χ4n) is 2.86. The van der Waals surface area contributed by atoms with Gasteiger partial charge in [0.2, 0.25) is 0 Å². The maximum absolute atomic E-state index is 12.5. The Kier molecular flexibility index (Phi) is 4.32. The van der Waals surface area contributed by atoms with Crippen molar-refractivity contribution in [1.29, 1.82) is 0 Å². The predicted molar refractivity (Wildman–Crippen MR) is 83.2 cm³/mol. The van der Waals surface area contributed by atoms with Gasteiger partial charge in [-0.1, -0.05) is 0 Å². The zero-order chi connectivity index (χ0) is 16.4. The minimum absolute atomic E-state index is 0.132. The molecular weight excluding hydrogens is 296 g/mol. The molecule has 3 rings (SSSR count). The van der Waals surface area contributed by atoms with Crippen molar-refractivity contribution in [3.05, 3.63) is 35.4 Å². The standard InChI is InChI=1S/C17H20N2O4/c20-15(18-13-8-9-13)11-4-6-12(7-5-11)16(21)19-10-2-1-3-14(19)17(22)23/h4-7,13-14H,1-3,8-10H2,(H,18,20)(H,22,23). The van der Waals surface area contributed by atoms with Crippen LogP contribution in [0.1, 0.15) is 52.8 Å². The summed E-state index contributed by atoms with van der Waals surface area (Å²) in [5.41, 5.74) is 0.933. The molecule has 1 unspecified atom stereocenters. The SMILES string of the molecule is O=C(NC1CC1)c1ccc(C(=O)N2CCCCC2C(=O)O)cc1. The third-order valence-corrected chi connectivity index (χ3v) is 4.36. The fourth-order valence-corrected chi connectivity index (χ4v) is 2.86. The Morgan fingerprint density at radius 2 is 1.65 bits per heavy atom. The van der Waals surface area contributed by atoms with Crippen molar-refractivity contribution >= 4 is 17.8 Å². The second-order valence-electron chi connectivity index (χ2n) is 6.17. The molecule has 1 aliphatic heterocycles. The van der Waals surface area contributed by atoms with Crippen molar-refractivity contribution in [3.63, 3.8) is 0 Å². The average Bonchev–Trinajstić information content (AvgIpc) is 3.38. The van der Waals surface area contributed by atoms with Gasteiger partial charge in [-0.15, -0.1) is 0 Å². The third kappa shape index (κ3) is 3.52. The average molecular weight is 316 g/mol. The van der Waals surface area contributed by atoms with Crippen LogP contribution in [-0.2, 0) is 4.79 Å². The summed E-state index contributed by atoms with van der Waals surface area (Å²) in [6, 6.07) is 5.95. The monoisotopic (exact) mass is 316 g/mol. The second kappa shape index (κ2) is 6.40. The van der Waals surface area contributed by atoms with Gasteiger partial charge >= 0.3 is 5.97 Å². The molecule has 0 aromatic heterocycles. The van der Waals surface area contributed by atoms with Crippen molar-refractivity contribution in [3.8, 4) is 0 Å². The number of nitrogens with zero attached hydrogens (tertiary/aromatic N) is 1. The molecule has 23 heavy (non-hydrogen) atoms. The molecule has 0 radical (unpaired) electrons. The minimum atomic E-state index is -0.960. The molecule has 1 heterocycles. The van der Waals surface area contributed by atoms with E-state index in [1.54, 1.807) is 24.3 Å². The Bertz CT molecular complexity index is 622. The Morgan fingerprint density at radius 1 is 1.00 bits per heavy atom. The van der Waals surface area contributed by atoms with E-state index in [2.05, 4.69) is 5.32 Å². The number of hydrogen-bond acceptors (Lipinski definition) is 3. The molecule has 6 nitrogen and oxygen atoms in total. The molecule has 2 aliphatic rings. The molecule has 122 valence electrons. The van der Waals surface area contributed by atoms with Crippen LogP contribution in [0.2, 0.25) is 0 Å². The number of carboxylic acids is 1. The largest absolute Gasteiger partial charge is 0.480 e. The van der Waals surface area contributed by atoms with Crippen molar-refractivity contribution in [2.24, 2.45) is 0 Å². The Hall–Kier alpha value is -2.37. The van der Waals surface area contributed by atoms with Crippen LogP contribution >= 0.6 is 0 Å². The molecule has 2 amide bonds. The molecular formula is C17H20N2O4. The van der Waals surface area contributed by atoms with Gasteiger partial charge in [0.1, 0.15) is 6.04 Å². The molecule has 0 bridgehead atoms. The van der Waals surface area contributed by atoms with Crippen molar-refractivity contribution in [2.45, 2.75) is 44.2 Å². The summed E-state index contributed by atoms with van der Waals surface area (Å²) in [5, 5.41) is 12.2. The Morgan fingerprint density at radius 3 is 2.26 bits per heavy atom. The van der Waals surface area contributed by atoms with Gasteiger partial charge in [0.15, 0.2) is 0 Å². The van der Waals surface area contributed by atoms with E-state index in [9.17, 15) is 19.5 Å². The molecule has 1 aliphatic carbocycles. The first-order valence-corrected chi connectivity index (χ1v) is 8.01. The molecule has 1 aromatic carbocycles. The maximum atomic E-state index is 12.5. The van der Waals surface area contributed by atoms with E-state index >= 15 is 0 Å². The number of aliphatic carboxylic acids is 1. The number of carbonyl (C=O) groups excluding carboxylic acids is 2. The van der Waals surface area contributed by atoms with E-state index < -0.39 is 12.0 Å². The highest BCUT2D eigenvalue weighted by Crippen LogP contribution is 2.21. The predicted octanol–water partition coefficient (Wildman–Crippen LogP) is 1.66. The summed E-state index contributed by atoms with van der Waals surface area (Å²) in [4.78, 5) is 37.2. The summed E-state index contributed by atoms with van der Waals surface area (Å²) in [5.74, 6) is -1.38. The number of nitrogens with one attached hydrogen (secondary N) is 1. The van der Waals surface area contributed by atoms with E-state index in [0.29, 0.717) is 24.1 Å². The lowest BCUT2D eigenvalue weighted by Gasteiger charge is -2.33. The smallest absolute Gasteiger partial charge is 0.326 e. The van der Waals surface area contributed by atoms with Gasteiger partial charge in [0, 0.05) is 23.7 Å². The summed E-state index contributed by atoms with van der Waals surface area (Å²) in [7, 11) is 0. The quantitative estimate of drug-likeness (QED) is 0.884. The minimum Gasteiger partial charge on any atom is -0.480 e. The fraction of sp³-hybridized carbons (Fsp3) is 0.471. The molecule has 6 heteroatoms. The number of likely N-dealkylation sites (tertiary alicyclic amines) is 1. The molecule has 0 spiro atoms. The summed E-state index contributed by atoms with van der Waals surface area (Å²) in [6.07, 6.45) is 4.17. The van der Waals surface area contributed by atoms with Crippen molar-refractivity contribution < 1.29 is 19.5 Å². The third-order valence-electron chi connectivity index (χ3n) is 4.36. The molecule has 2 fully saturated rings. The van der Waals surface area contributed by atoms with E-state index in [0.717, 1.165) is 25.7 Å². The van der Waals surface area contributed by atoms with Crippen LogP contribution < -0.4 is 5.32 Å². The van der Waals surface area contributed by atoms with Gasteiger partial charge in [0.25, 0.3) is 11.8 Å². The van der Waals surface area contributed by atoms with Gasteiger partial charge in [-0.3, -0.25) is 9.59 Å². The van der Waals surface area contributed by atoms with Crippen LogP contribution in [0.15, 0.2) is 24.3 Å². The van der Waals surface area contributed by atoms with Crippen LogP contribution in [-0.4, -0.2) is 46.4 Å². The number of carboxylic acid groups (broad SMARTS) is 1. The topological polar surface area (TPSA) is 86.7 Å². The number of amides is 2. The molecule has 1 saturated heterocycles. The van der Waals surface area contributed by atoms with E-state index in [1.165, 1.54) is 4.90 Å². The number of benzene rings is 1. The summed E-state index contributed by atoms with van der Waals surface area (Å²) < 4.78 is 0. The highest BCUT2D eigenvalue weighted by Gasteiger charge is 2.32. The van der Waals surface area contributed by atoms with Gasteiger partial charge in [-0.05, 0) is 56.4 Å². The van der Waals surface area contributed by atoms with Gasteiger partial charge < -0.3 is 15.3 Å². The first kappa shape index (κ1) is 15.5. The van der Waals surface area contributed by atoms with Crippen LogP contribution in [0.25, 0.3) is 0 Å². The van der Waals surface area contributed by atoms with Crippen LogP contribution in [0, 0.1) is 0 Å². The van der Waals surface area contributed by atoms with Gasteiger partial charge in [-0.25, -0.2) is 4.79 Å². The highest BCUT2D eigenvalue weighted by molar-refractivity contribution is 5.99. The highest BCUT2D eigenvalue weighted by atomic mass is 16.4. The van der Waals surface area contributed by atoms with Crippen LogP contribution in [0.4, 0.5) is 0 Å². The van der Waals surface area contributed by atoms with Crippen molar-refractivity contribution in [2.75, 3.05) is 6.54 Å². The number of piperidine rings is 1. The van der Waals surface area contributed by atoms with Crippen molar-refractivity contribution in [1.82, 2.24) is 10.2 Å². The van der Waals surface area contributed by atoms with Crippen LogP contribution in [0.5, 0.6) is 0 Å². The van der Waals surface area contributed by atoms with E-state index in [1.807, 2.05) is 0 Å². The normalized spacial score (nSPS) is 20.9. The number of rotatable bonds is 4. The second-order valence-corrected chi connectivity index (χ2v) is 6.17. The molecule has 1 atom stereocenters. The summed E-state index contributed by atoms with van der Waals surface area (Å²) >= 11 is 0. The molecule has 2 N–H and O–H groups in total. The van der Waals surface area contributed by atoms with Crippen LogP contribution in [0.3, 0.4) is 0 Å². The zero-order valence-corrected chi connectivity index (χ0v) is 12.8. The number of carbonyl (C=O) groups is 3. The maximum Gasteiger partial charge on any atom is 0.326 e. The zero-order valence-electron chi connectivity index (χ0n) is 12.8. The lowest BCUT2D eigenvalue weighted by Crippen LogP contribution is -2.48. The molecule has 1 aromatic rings. The summed E-state index contributed by atoms with van der Waals surface area (Å²) in [6.45, 7) is 0.458. The lowest BCUT2D eigenvalue weighted by molar-refractivity contribution is -0.143. The first-order chi connectivity index (χ1) is 11.1. The van der Waals surface area contributed by atoms with E-state index in [-0.39, 0.29) is 17.9 Å². The first-order valence-electron chi connectivity index (χ1n) is 8.01. The van der Waals surface area contributed by atoms with E-state index in [4.69, 9.17) is 0 Å². The van der Waals surface area contributed by atoms with Gasteiger partial charge in [0.05, 0.1) is 0 Å². The molecule has 1 saturated carbocycles.